The molecule has 0 aromatic carbocycles. The number of anilines is 1. The molecule has 0 radical (unpaired) electrons. The summed E-state index contributed by atoms with van der Waals surface area (Å²) in [7, 11) is -4.36. The first-order valence-corrected chi connectivity index (χ1v) is 17.8. The molecule has 0 saturated carbocycles. The first-order valence-electron chi connectivity index (χ1n) is 12.0. The molecule has 1 saturated heterocycles. The highest BCUT2D eigenvalue weighted by molar-refractivity contribution is 6.74. The molecule has 1 unspecified atom stereocenters. The Morgan fingerprint density at radius 1 is 1.17 bits per heavy atom. The number of rotatable bonds is 6. The number of terminal acetylenes is 1. The van der Waals surface area contributed by atoms with E-state index >= 15 is 0 Å². The third-order valence-corrected chi connectivity index (χ3v) is 16.9. The quantitative estimate of drug-likeness (QED) is 0.315. The second-order valence-corrected chi connectivity index (χ2v) is 22.0. The van der Waals surface area contributed by atoms with Crippen LogP contribution in [0.4, 0.5) is 10.2 Å². The van der Waals surface area contributed by atoms with Crippen molar-refractivity contribution < 1.29 is 18.0 Å². The zero-order valence-electron chi connectivity index (χ0n) is 22.7. The zero-order chi connectivity index (χ0) is 26.6. The van der Waals surface area contributed by atoms with Gasteiger partial charge in [-0.25, -0.2) is 4.98 Å². The number of hydrogen-bond donors (Lipinski definition) is 1. The van der Waals surface area contributed by atoms with Gasteiger partial charge in [0.25, 0.3) is 0 Å². The summed E-state index contributed by atoms with van der Waals surface area (Å²) in [5.41, 5.74) is 5.31. The van der Waals surface area contributed by atoms with Crippen molar-refractivity contribution in [3.63, 3.8) is 0 Å². The number of ether oxygens (including phenoxy) is 1. The number of imidazole rings is 1. The molecule has 3 atom stereocenters. The van der Waals surface area contributed by atoms with E-state index in [9.17, 15) is 4.39 Å². The van der Waals surface area contributed by atoms with E-state index in [-0.39, 0.29) is 28.1 Å². The Bertz CT molecular complexity index is 1130. The van der Waals surface area contributed by atoms with E-state index in [0.29, 0.717) is 11.9 Å². The smallest absolute Gasteiger partial charge is 0.312 e. The average Bonchev–Trinajstić information content (AvgIpc) is 3.26. The lowest BCUT2D eigenvalue weighted by molar-refractivity contribution is -0.0838. The van der Waals surface area contributed by atoms with E-state index in [2.05, 4.69) is 88.6 Å². The Morgan fingerprint density at radius 2 is 1.77 bits per heavy atom. The van der Waals surface area contributed by atoms with Crippen molar-refractivity contribution in [1.29, 1.82) is 0 Å². The van der Waals surface area contributed by atoms with Gasteiger partial charge < -0.3 is 19.3 Å². The summed E-state index contributed by atoms with van der Waals surface area (Å²) in [6, 6.07) is 0. The molecular weight excluding hydrogens is 481 g/mol. The van der Waals surface area contributed by atoms with Crippen LogP contribution in [0.25, 0.3) is 11.2 Å². The maximum Gasteiger partial charge on any atom is 0.312 e. The minimum atomic E-state index is -2.22. The molecule has 11 heteroatoms. The van der Waals surface area contributed by atoms with Crippen LogP contribution in [0.3, 0.4) is 0 Å². The number of nitrogens with zero attached hydrogens (tertiary/aromatic N) is 4. The minimum absolute atomic E-state index is 0.00308. The molecule has 0 aliphatic carbocycles. The Balaban J connectivity index is 2.03. The summed E-state index contributed by atoms with van der Waals surface area (Å²) < 4.78 is 35.6. The van der Waals surface area contributed by atoms with Gasteiger partial charge in [-0.3, -0.25) is 4.57 Å². The standard InChI is InChI=1S/C24H40FN5O3Si2/c1-12-24(14-31-34(8,9)22(2,3)4)16(33-35(10,11)23(5,6)7)13-17(32-24)30-15-27-18-19(26)28-21(25)29-20(18)30/h1,15-17H,13-14H2,2-11H3,(H2,26,28,29)/t16-,17?,24+/m0/s1. The van der Waals surface area contributed by atoms with Crippen LogP contribution in [0.2, 0.25) is 36.3 Å². The average molecular weight is 522 g/mol. The second-order valence-electron chi connectivity index (χ2n) is 12.5. The van der Waals surface area contributed by atoms with Crippen molar-refractivity contribution in [2.24, 2.45) is 0 Å². The van der Waals surface area contributed by atoms with Crippen molar-refractivity contribution >= 4 is 33.6 Å². The van der Waals surface area contributed by atoms with Crippen LogP contribution in [0.1, 0.15) is 54.2 Å². The van der Waals surface area contributed by atoms with Crippen LogP contribution in [-0.2, 0) is 13.6 Å². The molecule has 194 valence electrons. The van der Waals surface area contributed by atoms with Crippen LogP contribution >= 0.6 is 0 Å². The lowest BCUT2D eigenvalue weighted by Crippen LogP contribution is -2.54. The van der Waals surface area contributed by atoms with Gasteiger partial charge in [-0.15, -0.1) is 6.42 Å². The van der Waals surface area contributed by atoms with Gasteiger partial charge in [0.05, 0.1) is 19.0 Å². The van der Waals surface area contributed by atoms with E-state index in [1.54, 1.807) is 4.57 Å². The lowest BCUT2D eigenvalue weighted by Gasteiger charge is -2.43. The molecule has 1 aliphatic rings. The van der Waals surface area contributed by atoms with Crippen molar-refractivity contribution in [3.05, 3.63) is 12.4 Å². The number of nitrogens with two attached hydrogens (primary N) is 1. The van der Waals surface area contributed by atoms with Crippen LogP contribution in [0.15, 0.2) is 6.33 Å². The zero-order valence-corrected chi connectivity index (χ0v) is 24.7. The lowest BCUT2D eigenvalue weighted by atomic mass is 9.99. The summed E-state index contributed by atoms with van der Waals surface area (Å²) in [5.74, 6) is 2.87. The van der Waals surface area contributed by atoms with Gasteiger partial charge in [0.2, 0.25) is 0 Å². The maximum absolute atomic E-state index is 14.0. The fraction of sp³-hybridized carbons (Fsp3) is 0.708. The highest BCUT2D eigenvalue weighted by Gasteiger charge is 2.54. The molecule has 0 bridgehead atoms. The van der Waals surface area contributed by atoms with Gasteiger partial charge in [-0.1, -0.05) is 47.5 Å². The SMILES string of the molecule is C#C[C@]1(CO[Si](C)(C)C(C)(C)C)OC(n2cnc3c(N)nc(F)nc32)C[C@@H]1O[Si](C)(C)C(C)(C)C. The van der Waals surface area contributed by atoms with Crippen molar-refractivity contribution in [1.82, 2.24) is 19.5 Å². The van der Waals surface area contributed by atoms with Crippen molar-refractivity contribution in [2.45, 2.75) is 102 Å². The largest absolute Gasteiger partial charge is 0.413 e. The fourth-order valence-electron chi connectivity index (χ4n) is 3.51. The molecule has 2 aromatic heterocycles. The highest BCUT2D eigenvalue weighted by atomic mass is 28.4. The molecule has 0 amide bonds. The Kier molecular flexibility index (Phi) is 7.07. The summed E-state index contributed by atoms with van der Waals surface area (Å²) in [5, 5.41) is -0.0265. The van der Waals surface area contributed by atoms with Crippen molar-refractivity contribution in [3.8, 4) is 12.3 Å². The number of nitrogen functional groups attached to an aromatic ring is 1. The topological polar surface area (TPSA) is 97.3 Å². The molecule has 3 heterocycles. The van der Waals surface area contributed by atoms with Crippen molar-refractivity contribution in [2.75, 3.05) is 12.3 Å². The predicted octanol–water partition coefficient (Wildman–Crippen LogP) is 5.25. The van der Waals surface area contributed by atoms with E-state index in [0.717, 1.165) is 0 Å². The molecule has 2 aromatic rings. The first kappa shape index (κ1) is 27.7. The van der Waals surface area contributed by atoms with Gasteiger partial charge in [0.1, 0.15) is 6.23 Å². The summed E-state index contributed by atoms with van der Waals surface area (Å²) in [6.07, 6.45) is 6.21. The molecule has 1 fully saturated rings. The second kappa shape index (κ2) is 8.92. The van der Waals surface area contributed by atoms with E-state index in [4.69, 9.17) is 25.7 Å². The molecule has 2 N–H and O–H groups in total. The Hall–Kier alpha value is -1.85. The Morgan fingerprint density at radius 3 is 2.31 bits per heavy atom. The molecule has 35 heavy (non-hydrogen) atoms. The van der Waals surface area contributed by atoms with E-state index in [1.807, 2.05) is 0 Å². The number of fused-ring (bicyclic) bond motifs is 1. The van der Waals surface area contributed by atoms with E-state index < -0.39 is 40.6 Å². The molecule has 0 spiro atoms. The number of aromatic nitrogens is 4. The maximum atomic E-state index is 14.0. The summed E-state index contributed by atoms with van der Waals surface area (Å²) in [4.78, 5) is 11.8. The minimum Gasteiger partial charge on any atom is -0.413 e. The van der Waals surface area contributed by atoms with E-state index in [1.165, 1.54) is 6.33 Å². The van der Waals surface area contributed by atoms with Gasteiger partial charge in [0.15, 0.2) is 39.2 Å². The molecule has 1 aliphatic heterocycles. The third-order valence-electron chi connectivity index (χ3n) is 7.95. The van der Waals surface area contributed by atoms with Gasteiger partial charge in [-0.2, -0.15) is 14.4 Å². The molecular formula is C24H40FN5O3Si2. The summed E-state index contributed by atoms with van der Waals surface area (Å²) in [6.45, 7) is 22.0. The van der Waals surface area contributed by atoms with Crippen LogP contribution in [0.5, 0.6) is 0 Å². The van der Waals surface area contributed by atoms with Gasteiger partial charge >= 0.3 is 6.08 Å². The van der Waals surface area contributed by atoms with Gasteiger partial charge in [-0.05, 0) is 36.3 Å². The first-order chi connectivity index (χ1) is 15.8. The Labute approximate surface area is 210 Å². The number of hydrogen-bond acceptors (Lipinski definition) is 7. The van der Waals surface area contributed by atoms with Crippen LogP contribution < -0.4 is 5.73 Å². The number of halogens is 1. The molecule has 3 rings (SSSR count). The molecule has 8 nitrogen and oxygen atoms in total. The fourth-order valence-corrected chi connectivity index (χ4v) is 5.87. The third kappa shape index (κ3) is 5.18. The summed E-state index contributed by atoms with van der Waals surface area (Å²) >= 11 is 0. The normalized spacial score (nSPS) is 24.2. The monoisotopic (exact) mass is 521 g/mol. The van der Waals surface area contributed by atoms with Crippen LogP contribution in [-0.4, -0.2) is 54.5 Å². The predicted molar refractivity (Wildman–Crippen MR) is 141 cm³/mol. The highest BCUT2D eigenvalue weighted by Crippen LogP contribution is 2.46. The van der Waals surface area contributed by atoms with Crippen LogP contribution in [0, 0.1) is 18.4 Å². The van der Waals surface area contributed by atoms with Gasteiger partial charge in [0, 0.05) is 6.42 Å².